The summed E-state index contributed by atoms with van der Waals surface area (Å²) in [5.41, 5.74) is 2.86. The Balaban J connectivity index is 1.32. The fraction of sp³-hybridized carbons (Fsp3) is 0.0952. The molecule has 2 aromatic heterocycles. The molecule has 0 aliphatic heterocycles. The molecule has 6 nitrogen and oxygen atoms in total. The van der Waals surface area contributed by atoms with Crippen LogP contribution < -0.4 is 10.6 Å². The highest BCUT2D eigenvalue weighted by Gasteiger charge is 2.06. The molecule has 4 rings (SSSR count). The second-order valence-electron chi connectivity index (χ2n) is 6.63. The highest BCUT2D eigenvalue weighted by Crippen LogP contribution is 2.17. The Labute approximate surface area is 189 Å². The lowest BCUT2D eigenvalue weighted by Gasteiger charge is -2.07. The molecule has 0 radical (unpaired) electrons. The summed E-state index contributed by atoms with van der Waals surface area (Å²) in [5, 5.41) is 16.9. The molecule has 152 valence electrons. The van der Waals surface area contributed by atoms with Crippen molar-refractivity contribution >= 4 is 52.0 Å². The monoisotopic (exact) mass is 456 g/mol. The number of hydrogen-bond acceptors (Lipinski definition) is 3. The number of rotatable bonds is 6. The maximum absolute atomic E-state index is 6.21. The number of halogens is 2. The highest BCUT2D eigenvalue weighted by atomic mass is 35.5. The Morgan fingerprint density at radius 2 is 1.83 bits per heavy atom. The van der Waals surface area contributed by atoms with E-state index in [0.29, 0.717) is 29.0 Å². The molecule has 4 aromatic rings. The smallest absolute Gasteiger partial charge is 0.176 e. The third-order valence-corrected chi connectivity index (χ3v) is 5.11. The van der Waals surface area contributed by atoms with Gasteiger partial charge in [-0.1, -0.05) is 53.5 Å². The molecular weight excluding hydrogens is 439 g/mol. The van der Waals surface area contributed by atoms with E-state index in [-0.39, 0.29) is 0 Å². The van der Waals surface area contributed by atoms with E-state index in [9.17, 15) is 0 Å². The molecule has 0 aliphatic rings. The maximum atomic E-state index is 6.21. The zero-order chi connectivity index (χ0) is 20.9. The number of nitrogens with zero attached hydrogens (tertiary/aromatic N) is 4. The zero-order valence-corrected chi connectivity index (χ0v) is 18.1. The van der Waals surface area contributed by atoms with Gasteiger partial charge in [0.2, 0.25) is 0 Å². The minimum Gasteiger partial charge on any atom is -0.330 e. The van der Waals surface area contributed by atoms with Gasteiger partial charge in [0.05, 0.1) is 25.0 Å². The summed E-state index contributed by atoms with van der Waals surface area (Å²) >= 11 is 17.6. The molecule has 30 heavy (non-hydrogen) atoms. The van der Waals surface area contributed by atoms with E-state index < -0.39 is 0 Å². The quantitative estimate of drug-likeness (QED) is 0.385. The minimum absolute atomic E-state index is 0.431. The van der Waals surface area contributed by atoms with Crippen LogP contribution in [0.1, 0.15) is 11.1 Å². The van der Waals surface area contributed by atoms with Gasteiger partial charge in [-0.15, -0.1) is 0 Å². The second kappa shape index (κ2) is 9.30. The predicted molar refractivity (Wildman–Crippen MR) is 125 cm³/mol. The van der Waals surface area contributed by atoms with Gasteiger partial charge in [-0.25, -0.2) is 0 Å². The number of nitrogens with one attached hydrogen (secondary N) is 2. The molecule has 0 saturated carbocycles. The first-order valence-electron chi connectivity index (χ1n) is 9.17. The van der Waals surface area contributed by atoms with Gasteiger partial charge in [0.15, 0.2) is 10.9 Å². The summed E-state index contributed by atoms with van der Waals surface area (Å²) in [6.45, 7) is 1.20. The van der Waals surface area contributed by atoms with Crippen LogP contribution >= 0.6 is 35.4 Å². The van der Waals surface area contributed by atoms with Crippen LogP contribution in [0.2, 0.25) is 10.0 Å². The Hall–Kier alpha value is -2.87. The van der Waals surface area contributed by atoms with E-state index >= 15 is 0 Å². The first kappa shape index (κ1) is 20.4. The predicted octanol–water partition coefficient (Wildman–Crippen LogP) is 5.29. The molecule has 0 spiro atoms. The topological polar surface area (TPSA) is 59.7 Å². The summed E-state index contributed by atoms with van der Waals surface area (Å²) in [6, 6.07) is 17.3. The molecule has 0 saturated heterocycles. The molecular formula is C21H18Cl2N6S. The summed E-state index contributed by atoms with van der Waals surface area (Å²) in [4.78, 5) is 0. The number of benzene rings is 2. The van der Waals surface area contributed by atoms with E-state index in [1.165, 1.54) is 0 Å². The van der Waals surface area contributed by atoms with Gasteiger partial charge in [-0.3, -0.25) is 9.36 Å². The van der Waals surface area contributed by atoms with Gasteiger partial charge in [0.1, 0.15) is 0 Å². The van der Waals surface area contributed by atoms with Crippen LogP contribution in [-0.4, -0.2) is 24.7 Å². The molecule has 2 aromatic carbocycles. The van der Waals surface area contributed by atoms with E-state index in [1.54, 1.807) is 10.9 Å². The van der Waals surface area contributed by atoms with E-state index in [2.05, 4.69) is 20.8 Å². The van der Waals surface area contributed by atoms with Gasteiger partial charge in [0, 0.05) is 28.5 Å². The van der Waals surface area contributed by atoms with Gasteiger partial charge >= 0.3 is 0 Å². The van der Waals surface area contributed by atoms with Crippen LogP contribution in [0.25, 0.3) is 0 Å². The van der Waals surface area contributed by atoms with Crippen LogP contribution in [0.5, 0.6) is 0 Å². The number of hydrogen-bond donors (Lipinski definition) is 2. The van der Waals surface area contributed by atoms with Crippen LogP contribution in [0.15, 0.2) is 73.2 Å². The number of anilines is 2. The molecule has 0 fully saturated rings. The first-order chi connectivity index (χ1) is 14.5. The van der Waals surface area contributed by atoms with Gasteiger partial charge < -0.3 is 10.6 Å². The van der Waals surface area contributed by atoms with Crippen molar-refractivity contribution in [1.29, 1.82) is 0 Å². The van der Waals surface area contributed by atoms with Crippen molar-refractivity contribution in [2.24, 2.45) is 0 Å². The van der Waals surface area contributed by atoms with Gasteiger partial charge in [-0.05, 0) is 41.5 Å². The fourth-order valence-corrected chi connectivity index (χ4v) is 3.56. The minimum atomic E-state index is 0.431. The SMILES string of the molecule is S=C(Nc1cnn(Cc2cccc(Cl)c2)c1)Nc1ccn(Cc2ccccc2Cl)n1. The molecule has 2 heterocycles. The molecule has 2 N–H and O–H groups in total. The largest absolute Gasteiger partial charge is 0.330 e. The Morgan fingerprint density at radius 1 is 0.967 bits per heavy atom. The number of aromatic nitrogens is 4. The van der Waals surface area contributed by atoms with Crippen molar-refractivity contribution < 1.29 is 0 Å². The summed E-state index contributed by atoms with van der Waals surface area (Å²) in [5.74, 6) is 0.644. The third kappa shape index (κ3) is 5.38. The van der Waals surface area contributed by atoms with E-state index in [0.717, 1.165) is 21.8 Å². The standard InChI is InChI=1S/C21H18Cl2N6S/c22-17-6-3-4-15(10-17)12-29-14-18(11-24-29)25-21(30)26-20-8-9-28(27-20)13-16-5-1-2-7-19(16)23/h1-11,14H,12-13H2,(H2,25,26,27,30). The van der Waals surface area contributed by atoms with Crippen molar-refractivity contribution in [3.8, 4) is 0 Å². The Morgan fingerprint density at radius 3 is 2.67 bits per heavy atom. The second-order valence-corrected chi connectivity index (χ2v) is 7.88. The average Bonchev–Trinajstić information content (AvgIpc) is 3.33. The lowest BCUT2D eigenvalue weighted by molar-refractivity contribution is 0.687. The first-order valence-corrected chi connectivity index (χ1v) is 10.3. The molecule has 9 heteroatoms. The zero-order valence-electron chi connectivity index (χ0n) is 15.8. The summed E-state index contributed by atoms with van der Waals surface area (Å²) < 4.78 is 3.62. The lowest BCUT2D eigenvalue weighted by atomic mass is 10.2. The van der Waals surface area contributed by atoms with Crippen molar-refractivity contribution in [3.63, 3.8) is 0 Å². The van der Waals surface area contributed by atoms with Crippen LogP contribution in [-0.2, 0) is 13.1 Å². The van der Waals surface area contributed by atoms with Crippen molar-refractivity contribution in [2.75, 3.05) is 10.6 Å². The van der Waals surface area contributed by atoms with Crippen molar-refractivity contribution in [3.05, 3.63) is 94.4 Å². The Kier molecular flexibility index (Phi) is 6.32. The van der Waals surface area contributed by atoms with Crippen molar-refractivity contribution in [2.45, 2.75) is 13.1 Å². The third-order valence-electron chi connectivity index (χ3n) is 4.30. The average molecular weight is 457 g/mol. The van der Waals surface area contributed by atoms with Crippen molar-refractivity contribution in [1.82, 2.24) is 19.6 Å². The van der Waals surface area contributed by atoms with E-state index in [4.69, 9.17) is 35.4 Å². The summed E-state index contributed by atoms with van der Waals surface area (Å²) in [6.07, 6.45) is 5.47. The van der Waals surface area contributed by atoms with Crippen LogP contribution in [0.3, 0.4) is 0 Å². The molecule has 0 amide bonds. The molecule has 0 aliphatic carbocycles. The maximum Gasteiger partial charge on any atom is 0.176 e. The van der Waals surface area contributed by atoms with Gasteiger partial charge in [0.25, 0.3) is 0 Å². The van der Waals surface area contributed by atoms with E-state index in [1.807, 2.05) is 71.7 Å². The van der Waals surface area contributed by atoms with Crippen LogP contribution in [0.4, 0.5) is 11.5 Å². The highest BCUT2D eigenvalue weighted by molar-refractivity contribution is 7.80. The van der Waals surface area contributed by atoms with Gasteiger partial charge in [-0.2, -0.15) is 10.2 Å². The number of thiocarbonyl (C=S) groups is 1. The normalized spacial score (nSPS) is 10.7. The summed E-state index contributed by atoms with van der Waals surface area (Å²) in [7, 11) is 0. The molecule has 0 unspecified atom stereocenters. The molecule has 0 atom stereocenters. The fourth-order valence-electron chi connectivity index (χ4n) is 2.93. The lowest BCUT2D eigenvalue weighted by Crippen LogP contribution is -2.19. The molecule has 0 bridgehead atoms. The van der Waals surface area contributed by atoms with Crippen LogP contribution in [0, 0.1) is 0 Å². The Bertz CT molecular complexity index is 1170.